The molecule has 4 aromatic rings. The third-order valence-corrected chi connectivity index (χ3v) is 6.72. The maximum Gasteiger partial charge on any atom is 0.310 e. The molecule has 4 heteroatoms. The topological polar surface area (TPSA) is 63.6 Å². The number of benzene rings is 4. The van der Waals surface area contributed by atoms with Crippen LogP contribution in [0.2, 0.25) is 0 Å². The van der Waals surface area contributed by atoms with Crippen molar-refractivity contribution >= 4 is 22.7 Å². The van der Waals surface area contributed by atoms with Crippen LogP contribution in [0.3, 0.4) is 0 Å². The van der Waals surface area contributed by atoms with Crippen LogP contribution in [0, 0.1) is 11.8 Å². The number of aliphatic carboxylic acids is 1. The second-order valence-electron chi connectivity index (χ2n) is 8.51. The third kappa shape index (κ3) is 3.89. The number of rotatable bonds is 6. The van der Waals surface area contributed by atoms with Gasteiger partial charge in [0.05, 0.1) is 11.8 Å². The van der Waals surface area contributed by atoms with Gasteiger partial charge in [0, 0.05) is 11.8 Å². The van der Waals surface area contributed by atoms with Crippen molar-refractivity contribution in [2.45, 2.75) is 18.4 Å². The Labute approximate surface area is 192 Å². The minimum absolute atomic E-state index is 0.150. The van der Waals surface area contributed by atoms with Crippen LogP contribution >= 0.6 is 0 Å². The first-order valence-corrected chi connectivity index (χ1v) is 11.1. The highest BCUT2D eigenvalue weighted by Gasteiger charge is 2.59. The summed E-state index contributed by atoms with van der Waals surface area (Å²) in [6.45, 7) is 0.150. The summed E-state index contributed by atoms with van der Waals surface area (Å²) < 4.78 is 5.84. The van der Waals surface area contributed by atoms with Crippen molar-refractivity contribution in [3.8, 4) is 0 Å². The molecule has 33 heavy (non-hydrogen) atoms. The Hall–Kier alpha value is -3.92. The SMILES string of the molecule is O=C(O)[C@@H]1[C@@H](c2ccccc2)[C@H](C(=O)OCc2cccc3ccccc23)[C@H]1c1ccccc1. The van der Waals surface area contributed by atoms with Crippen LogP contribution in [0.25, 0.3) is 10.8 Å². The molecule has 164 valence electrons. The molecule has 0 saturated heterocycles. The van der Waals surface area contributed by atoms with E-state index in [1.165, 1.54) is 0 Å². The summed E-state index contributed by atoms with van der Waals surface area (Å²) in [6.07, 6.45) is 0. The zero-order valence-electron chi connectivity index (χ0n) is 18.0. The van der Waals surface area contributed by atoms with E-state index in [1.54, 1.807) is 0 Å². The second-order valence-corrected chi connectivity index (χ2v) is 8.51. The fourth-order valence-electron chi connectivity index (χ4n) is 5.19. The van der Waals surface area contributed by atoms with Crippen LogP contribution in [0.1, 0.15) is 28.5 Å². The fourth-order valence-corrected chi connectivity index (χ4v) is 5.19. The molecular formula is C29H24O4. The van der Waals surface area contributed by atoms with Crippen LogP contribution < -0.4 is 0 Å². The molecule has 0 amide bonds. The standard InChI is InChI=1S/C29H24O4/c30-28(31)26-24(20-11-3-1-4-12-20)27(25(26)21-13-5-2-6-14-21)29(32)33-18-22-16-9-15-19-10-7-8-17-23(19)22/h1-17,24-27H,18H2,(H,30,31)/t24-,25+,26-,27+. The first-order chi connectivity index (χ1) is 16.1. The number of carbonyl (C=O) groups excluding carboxylic acids is 1. The van der Waals surface area contributed by atoms with Gasteiger partial charge in [-0.2, -0.15) is 0 Å². The molecule has 0 heterocycles. The van der Waals surface area contributed by atoms with Gasteiger partial charge in [-0.15, -0.1) is 0 Å². The number of carboxylic acid groups (broad SMARTS) is 1. The lowest BCUT2D eigenvalue weighted by molar-refractivity contribution is -0.165. The summed E-state index contributed by atoms with van der Waals surface area (Å²) in [5, 5.41) is 12.2. The Morgan fingerprint density at radius 2 is 1.21 bits per heavy atom. The molecule has 0 aromatic heterocycles. The van der Waals surface area contributed by atoms with Crippen molar-refractivity contribution in [3.05, 3.63) is 120 Å². The predicted octanol–water partition coefficient (Wildman–Crippen LogP) is 5.78. The van der Waals surface area contributed by atoms with E-state index in [9.17, 15) is 14.7 Å². The number of esters is 1. The van der Waals surface area contributed by atoms with E-state index in [4.69, 9.17) is 4.74 Å². The third-order valence-electron chi connectivity index (χ3n) is 6.72. The molecule has 0 unspecified atom stereocenters. The Bertz CT molecular complexity index is 1230. The number of fused-ring (bicyclic) bond motifs is 1. The number of ether oxygens (including phenoxy) is 1. The maximum absolute atomic E-state index is 13.5. The molecule has 4 atom stereocenters. The summed E-state index contributed by atoms with van der Waals surface area (Å²) >= 11 is 0. The van der Waals surface area contributed by atoms with Gasteiger partial charge in [0.2, 0.25) is 0 Å². The van der Waals surface area contributed by atoms with E-state index < -0.39 is 29.6 Å². The van der Waals surface area contributed by atoms with E-state index in [1.807, 2.05) is 103 Å². The molecule has 4 aromatic carbocycles. The highest BCUT2D eigenvalue weighted by atomic mass is 16.5. The minimum atomic E-state index is -0.893. The smallest absolute Gasteiger partial charge is 0.310 e. The first-order valence-electron chi connectivity index (χ1n) is 11.1. The van der Waals surface area contributed by atoms with Gasteiger partial charge in [0.15, 0.2) is 0 Å². The summed E-state index contributed by atoms with van der Waals surface area (Å²) in [5.74, 6) is -3.38. The molecule has 1 aliphatic rings. The average Bonchev–Trinajstić information content (AvgIpc) is 2.83. The average molecular weight is 437 g/mol. The number of hydrogen-bond donors (Lipinski definition) is 1. The molecule has 0 spiro atoms. The van der Waals surface area contributed by atoms with Crippen molar-refractivity contribution in [2.75, 3.05) is 0 Å². The van der Waals surface area contributed by atoms with Gasteiger partial charge in [0.1, 0.15) is 6.61 Å². The Morgan fingerprint density at radius 3 is 1.82 bits per heavy atom. The van der Waals surface area contributed by atoms with E-state index >= 15 is 0 Å². The van der Waals surface area contributed by atoms with Gasteiger partial charge in [-0.25, -0.2) is 0 Å². The second kappa shape index (κ2) is 8.91. The Kier molecular flexibility index (Phi) is 5.66. The van der Waals surface area contributed by atoms with Crippen molar-refractivity contribution in [2.24, 2.45) is 11.8 Å². The summed E-state index contributed by atoms with van der Waals surface area (Å²) in [6, 6.07) is 32.8. The van der Waals surface area contributed by atoms with Crippen LogP contribution in [-0.2, 0) is 20.9 Å². The molecule has 0 radical (unpaired) electrons. The number of carboxylic acids is 1. The molecular weight excluding hydrogens is 412 g/mol. The van der Waals surface area contributed by atoms with Gasteiger partial charge in [-0.05, 0) is 27.5 Å². The van der Waals surface area contributed by atoms with E-state index in [0.717, 1.165) is 27.5 Å². The normalized spacial score (nSPS) is 21.8. The van der Waals surface area contributed by atoms with Crippen LogP contribution in [0.4, 0.5) is 0 Å². The van der Waals surface area contributed by atoms with Crippen molar-refractivity contribution in [1.29, 1.82) is 0 Å². The molecule has 0 bridgehead atoms. The lowest BCUT2D eigenvalue weighted by Crippen LogP contribution is -2.51. The highest BCUT2D eigenvalue weighted by Crippen LogP contribution is 2.58. The van der Waals surface area contributed by atoms with Gasteiger partial charge in [0.25, 0.3) is 0 Å². The zero-order chi connectivity index (χ0) is 22.8. The zero-order valence-corrected chi connectivity index (χ0v) is 18.0. The molecule has 4 nitrogen and oxygen atoms in total. The van der Waals surface area contributed by atoms with E-state index in [0.29, 0.717) is 0 Å². The van der Waals surface area contributed by atoms with Crippen LogP contribution in [-0.4, -0.2) is 17.0 Å². The minimum Gasteiger partial charge on any atom is -0.481 e. The summed E-state index contributed by atoms with van der Waals surface area (Å²) in [4.78, 5) is 25.7. The van der Waals surface area contributed by atoms with Crippen molar-refractivity contribution in [3.63, 3.8) is 0 Å². The van der Waals surface area contributed by atoms with Gasteiger partial charge >= 0.3 is 11.9 Å². The Balaban J connectivity index is 1.47. The van der Waals surface area contributed by atoms with Crippen molar-refractivity contribution < 1.29 is 19.4 Å². The van der Waals surface area contributed by atoms with E-state index in [-0.39, 0.29) is 12.6 Å². The summed E-state index contributed by atoms with van der Waals surface area (Å²) in [5.41, 5.74) is 2.64. The lowest BCUT2D eigenvalue weighted by atomic mass is 9.52. The van der Waals surface area contributed by atoms with Gasteiger partial charge < -0.3 is 9.84 Å². The summed E-state index contributed by atoms with van der Waals surface area (Å²) in [7, 11) is 0. The van der Waals surface area contributed by atoms with Crippen LogP contribution in [0.15, 0.2) is 103 Å². The first kappa shape index (κ1) is 21.0. The molecule has 1 saturated carbocycles. The molecule has 0 aliphatic heterocycles. The van der Waals surface area contributed by atoms with Crippen molar-refractivity contribution in [1.82, 2.24) is 0 Å². The molecule has 1 fully saturated rings. The fraction of sp³-hybridized carbons (Fsp3) is 0.172. The monoisotopic (exact) mass is 436 g/mol. The van der Waals surface area contributed by atoms with Crippen LogP contribution in [0.5, 0.6) is 0 Å². The maximum atomic E-state index is 13.5. The number of carbonyl (C=O) groups is 2. The largest absolute Gasteiger partial charge is 0.481 e. The number of hydrogen-bond acceptors (Lipinski definition) is 3. The van der Waals surface area contributed by atoms with E-state index in [2.05, 4.69) is 0 Å². The molecule has 5 rings (SSSR count). The quantitative estimate of drug-likeness (QED) is 0.389. The molecule has 1 aliphatic carbocycles. The highest BCUT2D eigenvalue weighted by molar-refractivity contribution is 5.87. The molecule has 1 N–H and O–H groups in total. The van der Waals surface area contributed by atoms with Gasteiger partial charge in [-0.1, -0.05) is 103 Å². The van der Waals surface area contributed by atoms with Gasteiger partial charge in [-0.3, -0.25) is 9.59 Å². The lowest BCUT2D eigenvalue weighted by Gasteiger charge is -2.49. The predicted molar refractivity (Wildman–Crippen MR) is 127 cm³/mol. The Morgan fingerprint density at radius 1 is 0.667 bits per heavy atom.